The van der Waals surface area contributed by atoms with Gasteiger partial charge in [-0.2, -0.15) is 15.1 Å². The van der Waals surface area contributed by atoms with Crippen LogP contribution in [0.1, 0.15) is 31.6 Å². The van der Waals surface area contributed by atoms with Gasteiger partial charge >= 0.3 is 13.7 Å². The second-order valence-electron chi connectivity index (χ2n) is 12.2. The van der Waals surface area contributed by atoms with Crippen molar-refractivity contribution < 1.29 is 41.4 Å². The molecule has 0 spiro atoms. The standard InChI is InChI=1S/C30H36BrN8O9PS/c1-18-24(40)22(47-27(18)39-17-33-23-25(34-29(32)35-26(23)39)38(2)37-50(3,43)44)16-46-49(42,48-21-11-9-20(31)10-12-21)36-30(13-14-30)28(41)45-15-19-7-5-4-6-8-19/h4-12,17-18,22,24,27,37,40H,13-16H2,1-3H3,(H,36,42)(H2,32,34,35)/t18?,22?,24-,27?,49?/m0/s1. The number of nitrogens with one attached hydrogen (secondary N) is 2. The summed E-state index contributed by atoms with van der Waals surface area (Å²) in [5.74, 6) is -1.01. The van der Waals surface area contributed by atoms with E-state index in [2.05, 4.69) is 40.8 Å². The number of hydrazine groups is 1. The molecule has 17 nitrogen and oxygen atoms in total. The molecule has 50 heavy (non-hydrogen) atoms. The Kier molecular flexibility index (Phi) is 10.2. The smallest absolute Gasteiger partial charge is 0.459 e. The number of aromatic nitrogens is 4. The van der Waals surface area contributed by atoms with Crippen molar-refractivity contribution in [3.63, 3.8) is 0 Å². The van der Waals surface area contributed by atoms with E-state index in [0.717, 1.165) is 21.3 Å². The average Bonchev–Trinajstić information content (AvgIpc) is 3.63. The number of halogens is 1. The van der Waals surface area contributed by atoms with Gasteiger partial charge in [0.2, 0.25) is 16.0 Å². The molecule has 5 atom stereocenters. The molecule has 2 aliphatic rings. The van der Waals surface area contributed by atoms with Crippen LogP contribution in [-0.2, 0) is 40.0 Å². The molecule has 1 aliphatic carbocycles. The average molecular weight is 796 g/mol. The predicted molar refractivity (Wildman–Crippen MR) is 185 cm³/mol. The highest BCUT2D eigenvalue weighted by atomic mass is 79.9. The van der Waals surface area contributed by atoms with Gasteiger partial charge in [-0.3, -0.25) is 18.9 Å². The largest absolute Gasteiger partial charge is 0.459 e. The van der Waals surface area contributed by atoms with Crippen LogP contribution < -0.4 is 25.2 Å². The summed E-state index contributed by atoms with van der Waals surface area (Å²) >= 11 is 3.36. The summed E-state index contributed by atoms with van der Waals surface area (Å²) in [6, 6.07) is 15.7. The Balaban J connectivity index is 1.20. The van der Waals surface area contributed by atoms with Crippen LogP contribution in [0.2, 0.25) is 0 Å². The number of fused-ring (bicyclic) bond motifs is 1. The number of hydrogen-bond acceptors (Lipinski definition) is 14. The highest BCUT2D eigenvalue weighted by Crippen LogP contribution is 2.53. The first-order valence-corrected chi connectivity index (χ1v) is 19.6. The number of rotatable bonds is 14. The molecule has 20 heteroatoms. The number of esters is 1. The number of ether oxygens (including phenoxy) is 2. The van der Waals surface area contributed by atoms with E-state index >= 15 is 0 Å². The molecule has 6 rings (SSSR count). The number of sulfonamides is 1. The first kappa shape index (κ1) is 36.1. The third-order valence-corrected chi connectivity index (χ3v) is 10.9. The second kappa shape index (κ2) is 14.1. The number of anilines is 2. The molecule has 0 bridgehead atoms. The van der Waals surface area contributed by atoms with Crippen molar-refractivity contribution in [2.45, 2.75) is 50.3 Å². The monoisotopic (exact) mass is 794 g/mol. The minimum absolute atomic E-state index is 0.0364. The highest BCUT2D eigenvalue weighted by Gasteiger charge is 2.57. The van der Waals surface area contributed by atoms with Gasteiger partial charge in [-0.05, 0) is 42.7 Å². The molecule has 2 aromatic heterocycles. The van der Waals surface area contributed by atoms with Crippen molar-refractivity contribution >= 4 is 62.6 Å². The summed E-state index contributed by atoms with van der Waals surface area (Å²) in [7, 11) is -6.51. The summed E-state index contributed by atoms with van der Waals surface area (Å²) in [5, 5.41) is 15.2. The molecule has 1 aliphatic heterocycles. The molecule has 2 aromatic carbocycles. The third kappa shape index (κ3) is 8.10. The molecule has 2 fully saturated rings. The van der Waals surface area contributed by atoms with Gasteiger partial charge in [0.05, 0.1) is 25.3 Å². The van der Waals surface area contributed by atoms with E-state index in [0.29, 0.717) is 12.8 Å². The maximum absolute atomic E-state index is 14.4. The van der Waals surface area contributed by atoms with Crippen molar-refractivity contribution in [1.29, 1.82) is 0 Å². The number of aliphatic hydroxyl groups excluding tert-OH is 1. The van der Waals surface area contributed by atoms with E-state index in [1.165, 1.54) is 17.9 Å². The van der Waals surface area contributed by atoms with Crippen LogP contribution in [0.4, 0.5) is 11.8 Å². The zero-order valence-corrected chi connectivity index (χ0v) is 30.5. The van der Waals surface area contributed by atoms with Crippen molar-refractivity contribution in [2.75, 3.05) is 30.7 Å². The number of nitrogen functional groups attached to an aromatic ring is 1. The van der Waals surface area contributed by atoms with Crippen LogP contribution in [0.3, 0.4) is 0 Å². The zero-order valence-electron chi connectivity index (χ0n) is 27.2. The summed E-state index contributed by atoms with van der Waals surface area (Å²) in [4.78, 5) is 28.3. The van der Waals surface area contributed by atoms with Crippen LogP contribution in [0.25, 0.3) is 11.2 Å². The molecule has 5 N–H and O–H groups in total. The van der Waals surface area contributed by atoms with Gasteiger partial charge in [-0.1, -0.05) is 53.2 Å². The van der Waals surface area contributed by atoms with Gasteiger partial charge in [0.25, 0.3) is 0 Å². The molecule has 0 radical (unpaired) electrons. The molecular weight excluding hydrogens is 759 g/mol. The topological polar surface area (TPSA) is 222 Å². The summed E-state index contributed by atoms with van der Waals surface area (Å²) in [6.45, 7) is 1.38. The van der Waals surface area contributed by atoms with Gasteiger partial charge in [0, 0.05) is 17.4 Å². The van der Waals surface area contributed by atoms with Crippen molar-refractivity contribution in [3.8, 4) is 5.75 Å². The van der Waals surface area contributed by atoms with Gasteiger partial charge in [0.1, 0.15) is 30.2 Å². The first-order chi connectivity index (χ1) is 23.7. The predicted octanol–water partition coefficient (Wildman–Crippen LogP) is 3.04. The molecule has 268 valence electrons. The maximum atomic E-state index is 14.4. The zero-order chi connectivity index (χ0) is 35.8. The molecule has 0 amide bonds. The second-order valence-corrected chi connectivity index (χ2v) is 16.5. The van der Waals surface area contributed by atoms with Crippen LogP contribution in [0.15, 0.2) is 65.4 Å². The fourth-order valence-electron chi connectivity index (χ4n) is 5.47. The van der Waals surface area contributed by atoms with E-state index in [1.54, 1.807) is 31.2 Å². The lowest BCUT2D eigenvalue weighted by Gasteiger charge is -2.26. The summed E-state index contributed by atoms with van der Waals surface area (Å²) in [5.41, 5.74) is 5.91. The van der Waals surface area contributed by atoms with Crippen molar-refractivity contribution in [2.24, 2.45) is 5.92 Å². The van der Waals surface area contributed by atoms with E-state index < -0.39 is 60.2 Å². The molecule has 4 aromatic rings. The Labute approximate surface area is 296 Å². The fourth-order valence-corrected chi connectivity index (χ4v) is 8.07. The van der Waals surface area contributed by atoms with Crippen LogP contribution in [-0.4, -0.2) is 76.7 Å². The summed E-state index contributed by atoms with van der Waals surface area (Å²) < 4.78 is 63.9. The fraction of sp³-hybridized carbons (Fsp3) is 0.400. The SMILES string of the molecule is CC1C(n2cnc3c(N(C)NS(C)(=O)=O)nc(N)nc32)OC(COP(=O)(NC2(C(=O)OCc3ccccc3)CC2)Oc2ccc(Br)cc2)[C@H]1O. The number of aliphatic hydroxyl groups is 1. The molecule has 1 saturated heterocycles. The highest BCUT2D eigenvalue weighted by molar-refractivity contribution is 9.10. The van der Waals surface area contributed by atoms with Gasteiger partial charge in [-0.15, -0.1) is 4.83 Å². The maximum Gasteiger partial charge on any atom is 0.459 e. The number of carbonyl (C=O) groups is 1. The first-order valence-electron chi connectivity index (χ1n) is 15.4. The molecule has 3 heterocycles. The van der Waals surface area contributed by atoms with E-state index in [-0.39, 0.29) is 35.3 Å². The number of imidazole rings is 1. The van der Waals surface area contributed by atoms with Crippen LogP contribution >= 0.6 is 23.7 Å². The minimum atomic E-state index is -4.30. The Morgan fingerprint density at radius 2 is 1.90 bits per heavy atom. The number of hydrogen-bond donors (Lipinski definition) is 4. The Morgan fingerprint density at radius 3 is 2.56 bits per heavy atom. The number of nitrogens with two attached hydrogens (primary N) is 1. The van der Waals surface area contributed by atoms with Gasteiger partial charge in [-0.25, -0.2) is 18.0 Å². The lowest BCUT2D eigenvalue weighted by Crippen LogP contribution is -2.40. The van der Waals surface area contributed by atoms with E-state index in [4.69, 9.17) is 24.3 Å². The molecular formula is C30H36BrN8O9PS. The van der Waals surface area contributed by atoms with Gasteiger partial charge in [0.15, 0.2) is 17.0 Å². The normalized spacial score (nSPS) is 22.6. The van der Waals surface area contributed by atoms with E-state index in [9.17, 15) is 22.9 Å². The Bertz CT molecular complexity index is 2020. The van der Waals surface area contributed by atoms with Crippen LogP contribution in [0, 0.1) is 5.92 Å². The molecule has 1 saturated carbocycles. The number of carbonyl (C=O) groups excluding carboxylic acids is 1. The third-order valence-electron chi connectivity index (χ3n) is 8.15. The minimum Gasteiger partial charge on any atom is -0.459 e. The lowest BCUT2D eigenvalue weighted by molar-refractivity contribution is -0.148. The molecule has 4 unspecified atom stereocenters. The lowest BCUT2D eigenvalue weighted by atomic mass is 10.0. The Morgan fingerprint density at radius 1 is 1.20 bits per heavy atom. The summed E-state index contributed by atoms with van der Waals surface area (Å²) in [6.07, 6.45) is 0.115. The number of nitrogens with zero attached hydrogens (tertiary/aromatic N) is 5. The van der Waals surface area contributed by atoms with Gasteiger partial charge < -0.3 is 24.8 Å². The quantitative estimate of drug-likeness (QED) is 0.0819. The Hall–Kier alpha value is -3.68. The van der Waals surface area contributed by atoms with E-state index in [1.807, 2.05) is 30.3 Å². The van der Waals surface area contributed by atoms with Crippen LogP contribution in [0.5, 0.6) is 5.75 Å². The number of benzene rings is 2. The van der Waals surface area contributed by atoms with Crippen molar-refractivity contribution in [3.05, 3.63) is 71.0 Å². The van der Waals surface area contributed by atoms with Crippen molar-refractivity contribution in [1.82, 2.24) is 29.4 Å².